The Kier molecular flexibility index (Phi) is 7.34. The van der Waals surface area contributed by atoms with Crippen LogP contribution in [0.3, 0.4) is 0 Å². The molecule has 7 nitrogen and oxygen atoms in total. The monoisotopic (exact) mass is 473 g/mol. The lowest BCUT2D eigenvalue weighted by atomic mass is 10.1. The summed E-state index contributed by atoms with van der Waals surface area (Å²) in [5, 5.41) is 4.74. The molecule has 1 heterocycles. The van der Waals surface area contributed by atoms with Gasteiger partial charge < -0.3 is 15.0 Å². The van der Waals surface area contributed by atoms with Crippen molar-refractivity contribution in [3.05, 3.63) is 71.8 Å². The van der Waals surface area contributed by atoms with Gasteiger partial charge in [0.15, 0.2) is 0 Å². The van der Waals surface area contributed by atoms with Gasteiger partial charge in [-0.15, -0.1) is 0 Å². The van der Waals surface area contributed by atoms with Gasteiger partial charge in [0, 0.05) is 24.0 Å². The summed E-state index contributed by atoms with van der Waals surface area (Å²) in [5.41, 5.74) is 2.16. The molecule has 3 aromatic carbocycles. The number of methoxy groups -OCH3 is 1. The molecule has 0 spiro atoms. The molecular weight excluding hydrogens is 442 g/mol. The van der Waals surface area contributed by atoms with Crippen LogP contribution < -0.4 is 15.0 Å². The minimum atomic E-state index is -0.656. The number of carbonyl (C=O) groups excluding carboxylic acids is 3. The maximum Gasteiger partial charge on any atom is 0.259 e. The van der Waals surface area contributed by atoms with Gasteiger partial charge in [-0.05, 0) is 48.1 Å². The first-order valence-corrected chi connectivity index (χ1v) is 12.0. The molecule has 0 aromatic heterocycles. The van der Waals surface area contributed by atoms with Crippen molar-refractivity contribution < 1.29 is 19.1 Å². The standard InChI is InChI=1S/C28H31N3O4/c1-4-15-29-27(33)23(5-2)30(17-19-9-6-12-21(16-19)35-3)25(32)18-31-24-14-8-11-20-10-7-13-22(26(20)24)28(31)34/h6-14,16,23H,4-5,15,17-18H2,1-3H3,(H,29,33)/t23-/m1/s1. The van der Waals surface area contributed by atoms with E-state index >= 15 is 0 Å². The number of amides is 3. The largest absolute Gasteiger partial charge is 0.497 e. The second kappa shape index (κ2) is 10.6. The third-order valence-corrected chi connectivity index (χ3v) is 6.36. The Hall–Kier alpha value is -3.87. The fourth-order valence-corrected chi connectivity index (χ4v) is 4.62. The molecule has 0 unspecified atom stereocenters. The Bertz CT molecular complexity index is 1250. The highest BCUT2D eigenvalue weighted by Gasteiger charge is 2.35. The van der Waals surface area contributed by atoms with E-state index in [9.17, 15) is 14.4 Å². The van der Waals surface area contributed by atoms with Crippen molar-refractivity contribution in [1.29, 1.82) is 0 Å². The molecule has 0 fully saturated rings. The van der Waals surface area contributed by atoms with E-state index in [0.717, 1.165) is 28.4 Å². The molecule has 7 heteroatoms. The van der Waals surface area contributed by atoms with Crippen molar-refractivity contribution in [2.75, 3.05) is 25.1 Å². The quantitative estimate of drug-likeness (QED) is 0.480. The smallest absolute Gasteiger partial charge is 0.259 e. The zero-order valence-corrected chi connectivity index (χ0v) is 20.4. The summed E-state index contributed by atoms with van der Waals surface area (Å²) in [6.07, 6.45) is 1.26. The van der Waals surface area contributed by atoms with E-state index < -0.39 is 6.04 Å². The lowest BCUT2D eigenvalue weighted by Crippen LogP contribution is -2.52. The molecule has 35 heavy (non-hydrogen) atoms. The van der Waals surface area contributed by atoms with Crippen LogP contribution in [0, 0.1) is 0 Å². The first-order valence-electron chi connectivity index (χ1n) is 12.0. The first-order chi connectivity index (χ1) is 17.0. The van der Waals surface area contributed by atoms with Gasteiger partial charge in [0.25, 0.3) is 5.91 Å². The molecule has 1 atom stereocenters. The lowest BCUT2D eigenvalue weighted by molar-refractivity contribution is -0.140. The van der Waals surface area contributed by atoms with Crippen LogP contribution in [0.1, 0.15) is 42.6 Å². The molecule has 182 valence electrons. The third kappa shape index (κ3) is 4.85. The van der Waals surface area contributed by atoms with Crippen molar-refractivity contribution in [3.63, 3.8) is 0 Å². The number of hydrogen-bond acceptors (Lipinski definition) is 4. The molecule has 0 aliphatic carbocycles. The van der Waals surface area contributed by atoms with Crippen LogP contribution in [0.4, 0.5) is 5.69 Å². The maximum absolute atomic E-state index is 13.8. The normalized spacial score (nSPS) is 13.1. The minimum Gasteiger partial charge on any atom is -0.497 e. The number of benzene rings is 3. The number of carbonyl (C=O) groups is 3. The number of nitrogens with one attached hydrogen (secondary N) is 1. The van der Waals surface area contributed by atoms with E-state index in [1.54, 1.807) is 18.1 Å². The second-order valence-corrected chi connectivity index (χ2v) is 8.66. The summed E-state index contributed by atoms with van der Waals surface area (Å²) in [6.45, 7) is 4.50. The molecule has 1 aliphatic heterocycles. The van der Waals surface area contributed by atoms with E-state index in [0.29, 0.717) is 24.3 Å². The molecule has 1 N–H and O–H groups in total. The average molecular weight is 474 g/mol. The van der Waals surface area contributed by atoms with Crippen molar-refractivity contribution >= 4 is 34.2 Å². The molecule has 0 radical (unpaired) electrons. The highest BCUT2D eigenvalue weighted by Crippen LogP contribution is 2.37. The Labute approximate surface area is 205 Å². The van der Waals surface area contributed by atoms with E-state index in [2.05, 4.69) is 5.32 Å². The summed E-state index contributed by atoms with van der Waals surface area (Å²) >= 11 is 0. The molecule has 0 bridgehead atoms. The zero-order chi connectivity index (χ0) is 24.9. The minimum absolute atomic E-state index is 0.145. The highest BCUT2D eigenvalue weighted by atomic mass is 16.5. The molecule has 4 rings (SSSR count). The average Bonchev–Trinajstić information content (AvgIpc) is 3.15. The van der Waals surface area contributed by atoms with Gasteiger partial charge in [-0.3, -0.25) is 19.3 Å². The molecule has 3 amide bonds. The van der Waals surface area contributed by atoms with Gasteiger partial charge >= 0.3 is 0 Å². The maximum atomic E-state index is 13.8. The summed E-state index contributed by atoms with van der Waals surface area (Å²) in [5.74, 6) is -0.00148. The topological polar surface area (TPSA) is 79.0 Å². The van der Waals surface area contributed by atoms with Crippen molar-refractivity contribution in [2.24, 2.45) is 0 Å². The van der Waals surface area contributed by atoms with Gasteiger partial charge in [0.1, 0.15) is 18.3 Å². The number of nitrogens with zero attached hydrogens (tertiary/aromatic N) is 2. The molecular formula is C28H31N3O4. The van der Waals surface area contributed by atoms with Crippen LogP contribution in [0.25, 0.3) is 10.8 Å². The molecule has 0 saturated carbocycles. The number of anilines is 1. The Balaban J connectivity index is 1.65. The third-order valence-electron chi connectivity index (χ3n) is 6.36. The Morgan fingerprint density at radius 2 is 1.80 bits per heavy atom. The summed E-state index contributed by atoms with van der Waals surface area (Å²) in [7, 11) is 1.59. The van der Waals surface area contributed by atoms with E-state index in [1.807, 2.05) is 68.4 Å². The van der Waals surface area contributed by atoms with Crippen LogP contribution in [0.5, 0.6) is 5.75 Å². The number of ether oxygens (including phenoxy) is 1. The Morgan fingerprint density at radius 1 is 1.06 bits per heavy atom. The number of hydrogen-bond donors (Lipinski definition) is 1. The molecule has 0 saturated heterocycles. The molecule has 3 aromatic rings. The fraction of sp³-hybridized carbons (Fsp3) is 0.321. The van der Waals surface area contributed by atoms with Crippen LogP contribution >= 0.6 is 0 Å². The van der Waals surface area contributed by atoms with Crippen LogP contribution in [0.2, 0.25) is 0 Å². The number of rotatable bonds is 10. The Morgan fingerprint density at radius 3 is 2.51 bits per heavy atom. The fourth-order valence-electron chi connectivity index (χ4n) is 4.62. The van der Waals surface area contributed by atoms with Crippen molar-refractivity contribution in [1.82, 2.24) is 10.2 Å². The molecule has 1 aliphatic rings. The van der Waals surface area contributed by atoms with Crippen LogP contribution in [0.15, 0.2) is 60.7 Å². The first kappa shape index (κ1) is 24.3. The van der Waals surface area contributed by atoms with E-state index in [4.69, 9.17) is 4.74 Å². The summed E-state index contributed by atoms with van der Waals surface area (Å²) in [4.78, 5) is 43.1. The van der Waals surface area contributed by atoms with Crippen LogP contribution in [-0.4, -0.2) is 48.9 Å². The van der Waals surface area contributed by atoms with Gasteiger partial charge in [-0.2, -0.15) is 0 Å². The van der Waals surface area contributed by atoms with Crippen molar-refractivity contribution in [2.45, 2.75) is 39.3 Å². The van der Waals surface area contributed by atoms with E-state index in [1.165, 1.54) is 4.90 Å². The van der Waals surface area contributed by atoms with E-state index in [-0.39, 0.29) is 30.8 Å². The van der Waals surface area contributed by atoms with Gasteiger partial charge in [-0.1, -0.05) is 50.2 Å². The predicted molar refractivity (Wildman–Crippen MR) is 137 cm³/mol. The summed E-state index contributed by atoms with van der Waals surface area (Å²) in [6, 6.07) is 18.1. The highest BCUT2D eigenvalue weighted by molar-refractivity contribution is 6.26. The van der Waals surface area contributed by atoms with Crippen LogP contribution in [-0.2, 0) is 16.1 Å². The SMILES string of the molecule is CCCNC(=O)[C@@H](CC)N(Cc1cccc(OC)c1)C(=O)CN1C(=O)c2cccc3cccc1c23. The zero-order valence-electron chi connectivity index (χ0n) is 20.4. The van der Waals surface area contributed by atoms with Crippen molar-refractivity contribution in [3.8, 4) is 5.75 Å². The van der Waals surface area contributed by atoms with Gasteiger partial charge in [0.2, 0.25) is 11.8 Å². The lowest BCUT2D eigenvalue weighted by Gasteiger charge is -2.32. The van der Waals surface area contributed by atoms with Gasteiger partial charge in [0.05, 0.1) is 12.8 Å². The second-order valence-electron chi connectivity index (χ2n) is 8.66. The van der Waals surface area contributed by atoms with Gasteiger partial charge in [-0.25, -0.2) is 0 Å². The summed E-state index contributed by atoms with van der Waals surface area (Å²) < 4.78 is 5.34. The predicted octanol–water partition coefficient (Wildman–Crippen LogP) is 4.14.